The molecular formula is C16H22N2O3. The molecule has 0 bridgehead atoms. The molecule has 2 amide bonds. The summed E-state index contributed by atoms with van der Waals surface area (Å²) in [6.45, 7) is 3.48. The molecule has 0 aromatic heterocycles. The number of aromatic hydroxyl groups is 1. The summed E-state index contributed by atoms with van der Waals surface area (Å²) in [5, 5.41) is 12.3. The number of carbonyl (C=O) groups excluding carboxylic acids is 2. The third kappa shape index (κ3) is 4.77. The molecule has 1 saturated heterocycles. The number of nitrogens with zero attached hydrogens (tertiary/aromatic N) is 1. The Balaban J connectivity index is 1.73. The standard InChI is InChI=1S/C16H22N2O3/c1-12(7-9-18-8-3-6-16(18)21)17-15(20)11-13-4-2-5-14(19)10-13/h2,4-5,10,12,19H,3,6-9,11H2,1H3,(H,17,20)/t12-/m1/s1. The van der Waals surface area contributed by atoms with Gasteiger partial charge in [0.2, 0.25) is 11.8 Å². The maximum Gasteiger partial charge on any atom is 0.224 e. The van der Waals surface area contributed by atoms with E-state index in [2.05, 4.69) is 5.32 Å². The smallest absolute Gasteiger partial charge is 0.224 e. The van der Waals surface area contributed by atoms with Crippen LogP contribution in [0.3, 0.4) is 0 Å². The second-order valence-corrected chi connectivity index (χ2v) is 5.59. The van der Waals surface area contributed by atoms with Crippen molar-refractivity contribution >= 4 is 11.8 Å². The zero-order valence-corrected chi connectivity index (χ0v) is 12.3. The maximum atomic E-state index is 11.9. The van der Waals surface area contributed by atoms with Crippen molar-refractivity contribution in [3.8, 4) is 5.75 Å². The number of benzene rings is 1. The highest BCUT2D eigenvalue weighted by Gasteiger charge is 2.20. The van der Waals surface area contributed by atoms with Gasteiger partial charge in [-0.15, -0.1) is 0 Å². The molecule has 21 heavy (non-hydrogen) atoms. The normalized spacial score (nSPS) is 16.0. The van der Waals surface area contributed by atoms with E-state index >= 15 is 0 Å². The summed E-state index contributed by atoms with van der Waals surface area (Å²) in [7, 11) is 0. The molecule has 1 aliphatic rings. The van der Waals surface area contributed by atoms with Crippen LogP contribution in [0.25, 0.3) is 0 Å². The first-order valence-electron chi connectivity index (χ1n) is 7.39. The summed E-state index contributed by atoms with van der Waals surface area (Å²) in [4.78, 5) is 25.3. The van der Waals surface area contributed by atoms with E-state index in [0.29, 0.717) is 13.0 Å². The SMILES string of the molecule is C[C@H](CCN1CCCC1=O)NC(=O)Cc1cccc(O)c1. The van der Waals surface area contributed by atoms with Crippen molar-refractivity contribution in [1.29, 1.82) is 0 Å². The Morgan fingerprint density at radius 1 is 1.48 bits per heavy atom. The minimum Gasteiger partial charge on any atom is -0.508 e. The van der Waals surface area contributed by atoms with Gasteiger partial charge in [0.25, 0.3) is 0 Å². The molecule has 1 atom stereocenters. The Kier molecular flexibility index (Phi) is 5.20. The van der Waals surface area contributed by atoms with E-state index in [1.54, 1.807) is 18.2 Å². The van der Waals surface area contributed by atoms with Gasteiger partial charge in [-0.25, -0.2) is 0 Å². The summed E-state index contributed by atoms with van der Waals surface area (Å²) in [5.41, 5.74) is 0.787. The molecule has 2 N–H and O–H groups in total. The number of hydrogen-bond donors (Lipinski definition) is 2. The number of amides is 2. The van der Waals surface area contributed by atoms with Crippen molar-refractivity contribution in [3.05, 3.63) is 29.8 Å². The molecule has 0 saturated carbocycles. The van der Waals surface area contributed by atoms with E-state index < -0.39 is 0 Å². The Labute approximate surface area is 125 Å². The van der Waals surface area contributed by atoms with Gasteiger partial charge in [-0.3, -0.25) is 9.59 Å². The molecule has 114 valence electrons. The topological polar surface area (TPSA) is 69.6 Å². The van der Waals surface area contributed by atoms with Crippen molar-refractivity contribution < 1.29 is 14.7 Å². The largest absolute Gasteiger partial charge is 0.508 e. The minimum absolute atomic E-state index is 0.0307. The van der Waals surface area contributed by atoms with E-state index in [4.69, 9.17) is 0 Å². The Morgan fingerprint density at radius 2 is 2.29 bits per heavy atom. The van der Waals surface area contributed by atoms with Crippen molar-refractivity contribution in [1.82, 2.24) is 10.2 Å². The average molecular weight is 290 g/mol. The lowest BCUT2D eigenvalue weighted by Crippen LogP contribution is -2.37. The zero-order valence-electron chi connectivity index (χ0n) is 12.3. The van der Waals surface area contributed by atoms with Gasteiger partial charge in [0.1, 0.15) is 5.75 Å². The first kappa shape index (κ1) is 15.4. The van der Waals surface area contributed by atoms with Crippen molar-refractivity contribution in [3.63, 3.8) is 0 Å². The lowest BCUT2D eigenvalue weighted by Gasteiger charge is -2.19. The predicted molar refractivity (Wildman–Crippen MR) is 79.8 cm³/mol. The monoisotopic (exact) mass is 290 g/mol. The molecule has 1 fully saturated rings. The second kappa shape index (κ2) is 7.11. The number of phenolic OH excluding ortho intramolecular Hbond substituents is 1. The summed E-state index contributed by atoms with van der Waals surface area (Å²) in [5.74, 6) is 0.315. The van der Waals surface area contributed by atoms with Crippen molar-refractivity contribution in [2.45, 2.75) is 38.6 Å². The highest BCUT2D eigenvalue weighted by Crippen LogP contribution is 2.12. The number of nitrogens with one attached hydrogen (secondary N) is 1. The third-order valence-electron chi connectivity index (χ3n) is 3.69. The Hall–Kier alpha value is -2.04. The van der Waals surface area contributed by atoms with E-state index in [1.165, 1.54) is 0 Å². The van der Waals surface area contributed by atoms with Crippen LogP contribution in [0.15, 0.2) is 24.3 Å². The lowest BCUT2D eigenvalue weighted by atomic mass is 10.1. The van der Waals surface area contributed by atoms with Gasteiger partial charge in [-0.2, -0.15) is 0 Å². The van der Waals surface area contributed by atoms with Crippen LogP contribution in [0.4, 0.5) is 0 Å². The second-order valence-electron chi connectivity index (χ2n) is 5.59. The first-order valence-corrected chi connectivity index (χ1v) is 7.39. The van der Waals surface area contributed by atoms with E-state index in [1.807, 2.05) is 17.9 Å². The summed E-state index contributed by atoms with van der Waals surface area (Å²) >= 11 is 0. The van der Waals surface area contributed by atoms with Gasteiger partial charge in [-0.1, -0.05) is 12.1 Å². The van der Waals surface area contributed by atoms with Gasteiger partial charge >= 0.3 is 0 Å². The molecule has 0 radical (unpaired) electrons. The molecule has 0 aliphatic carbocycles. The quantitative estimate of drug-likeness (QED) is 0.833. The van der Waals surface area contributed by atoms with Crippen LogP contribution in [-0.4, -0.2) is 41.0 Å². The number of hydrogen-bond acceptors (Lipinski definition) is 3. The molecule has 1 aromatic rings. The maximum absolute atomic E-state index is 11.9. The predicted octanol–water partition coefficient (Wildman–Crippen LogP) is 1.45. The number of rotatable bonds is 6. The van der Waals surface area contributed by atoms with E-state index in [0.717, 1.165) is 24.9 Å². The molecular weight excluding hydrogens is 268 g/mol. The Morgan fingerprint density at radius 3 is 2.95 bits per heavy atom. The fourth-order valence-electron chi connectivity index (χ4n) is 2.54. The van der Waals surface area contributed by atoms with Crippen LogP contribution >= 0.6 is 0 Å². The van der Waals surface area contributed by atoms with Crippen LogP contribution in [0.5, 0.6) is 5.75 Å². The summed E-state index contributed by atoms with van der Waals surface area (Å²) in [6.07, 6.45) is 2.61. The van der Waals surface area contributed by atoms with Crippen LogP contribution in [-0.2, 0) is 16.0 Å². The number of phenols is 1. The molecule has 0 spiro atoms. The zero-order chi connectivity index (χ0) is 15.2. The van der Waals surface area contributed by atoms with E-state index in [9.17, 15) is 14.7 Å². The fourth-order valence-corrected chi connectivity index (χ4v) is 2.54. The fraction of sp³-hybridized carbons (Fsp3) is 0.500. The molecule has 2 rings (SSSR count). The molecule has 5 heteroatoms. The molecule has 5 nitrogen and oxygen atoms in total. The Bertz CT molecular complexity index is 516. The number of carbonyl (C=O) groups is 2. The highest BCUT2D eigenvalue weighted by atomic mass is 16.3. The van der Waals surface area contributed by atoms with E-state index in [-0.39, 0.29) is 30.0 Å². The van der Waals surface area contributed by atoms with Gasteiger partial charge in [0, 0.05) is 25.6 Å². The first-order chi connectivity index (χ1) is 10.0. The number of likely N-dealkylation sites (tertiary alicyclic amines) is 1. The van der Waals surface area contributed by atoms with Gasteiger partial charge < -0.3 is 15.3 Å². The molecule has 0 unspecified atom stereocenters. The van der Waals surface area contributed by atoms with Crippen LogP contribution in [0, 0.1) is 0 Å². The van der Waals surface area contributed by atoms with Crippen LogP contribution in [0.1, 0.15) is 31.7 Å². The highest BCUT2D eigenvalue weighted by molar-refractivity contribution is 5.79. The van der Waals surface area contributed by atoms with Crippen molar-refractivity contribution in [2.24, 2.45) is 0 Å². The summed E-state index contributed by atoms with van der Waals surface area (Å²) in [6, 6.07) is 6.74. The van der Waals surface area contributed by atoms with Crippen LogP contribution in [0.2, 0.25) is 0 Å². The average Bonchev–Trinajstić information content (AvgIpc) is 2.81. The third-order valence-corrected chi connectivity index (χ3v) is 3.69. The molecule has 1 aromatic carbocycles. The lowest BCUT2D eigenvalue weighted by molar-refractivity contribution is -0.127. The van der Waals surface area contributed by atoms with Gasteiger partial charge in [-0.05, 0) is 37.5 Å². The van der Waals surface area contributed by atoms with Crippen LogP contribution < -0.4 is 5.32 Å². The molecule has 1 aliphatic heterocycles. The summed E-state index contributed by atoms with van der Waals surface area (Å²) < 4.78 is 0. The minimum atomic E-state index is -0.0687. The molecule has 1 heterocycles. The van der Waals surface area contributed by atoms with Gasteiger partial charge in [0.15, 0.2) is 0 Å². The van der Waals surface area contributed by atoms with Crippen molar-refractivity contribution in [2.75, 3.05) is 13.1 Å². The van der Waals surface area contributed by atoms with Gasteiger partial charge in [0.05, 0.1) is 6.42 Å².